The Balaban J connectivity index is 0.000000182. The van der Waals surface area contributed by atoms with Gasteiger partial charge in [0.25, 0.3) is 0 Å². The van der Waals surface area contributed by atoms with Crippen LogP contribution in [0, 0.1) is 20.8 Å². The molecule has 4 aromatic heterocycles. The van der Waals surface area contributed by atoms with E-state index in [-0.39, 0.29) is 6.29 Å². The number of hydrogen-bond acceptors (Lipinski definition) is 8. The third kappa shape index (κ3) is 9.57. The zero-order chi connectivity index (χ0) is 49.1. The molecule has 6 nitrogen and oxygen atoms in total. The molecule has 0 radical (unpaired) electrons. The van der Waals surface area contributed by atoms with E-state index in [4.69, 9.17) is 23.0 Å². The second kappa shape index (κ2) is 21.0. The maximum atomic E-state index is 6.44. The van der Waals surface area contributed by atoms with Crippen LogP contribution in [0.25, 0.3) is 73.8 Å². The summed E-state index contributed by atoms with van der Waals surface area (Å²) < 4.78 is 29.8. The number of fused-ring (bicyclic) bond motifs is 8. The number of nitrogens with zero attached hydrogens (tertiary/aromatic N) is 1. The van der Waals surface area contributed by atoms with Crippen molar-refractivity contribution in [1.29, 1.82) is 0 Å². The molecule has 360 valence electrons. The first-order chi connectivity index (χ1) is 35.4. The van der Waals surface area contributed by atoms with Crippen LogP contribution in [0.1, 0.15) is 66.9 Å². The fourth-order valence-corrected chi connectivity index (χ4v) is 11.9. The summed E-state index contributed by atoms with van der Waals surface area (Å²) in [6.45, 7) is 12.5. The van der Waals surface area contributed by atoms with E-state index >= 15 is 0 Å². The molecule has 2 saturated heterocycles. The highest BCUT2D eigenvalue weighted by Crippen LogP contribution is 2.47. The summed E-state index contributed by atoms with van der Waals surface area (Å²) in [4.78, 5) is 6.59. The standard InChI is InChI=1S/C40H27NO4S2.C11H14O.C11H10.C2H6/c1-23-9-15-34-29(19-23)31-21-36(46-39(31)44-34)37-22-32-30-20-27(14-16-35(30)45-40(32)47-37)41(33-8-4-6-24-5-2-3-7-28(24)33)26-12-10-25(11-13-26)38-42-17-18-43-38;1-9-4-6-10(7-5-9)11-3-2-8-12-11;1-9-5-4-7-10-6-2-3-8-11(9)10;1-2/h2-16,19-22,38H,17-18H2,1H3;4-7,11H,2-3,8H2,1H3;2-8H,1H3;1-2H3. The van der Waals surface area contributed by atoms with E-state index in [1.807, 2.05) is 13.8 Å². The highest BCUT2D eigenvalue weighted by atomic mass is 32.1. The molecule has 8 heteroatoms. The molecule has 72 heavy (non-hydrogen) atoms. The predicted octanol–water partition coefficient (Wildman–Crippen LogP) is 19.3. The SMILES string of the molecule is CC.Cc1ccc(C2CCCO2)cc1.Cc1ccc2oc3sc(-c4cc5c(oc6ccc(N(c7ccc(C8OCCO8)cc7)c7cccc8ccccc78)cc65)s4)cc3c2c1.Cc1cccc2ccccc12. The maximum Gasteiger partial charge on any atom is 0.189 e. The molecule has 0 spiro atoms. The molecule has 2 fully saturated rings. The van der Waals surface area contributed by atoms with Gasteiger partial charge in [-0.15, -0.1) is 0 Å². The first-order valence-corrected chi connectivity index (χ1v) is 26.7. The van der Waals surface area contributed by atoms with Gasteiger partial charge in [-0.2, -0.15) is 0 Å². The molecule has 1 unspecified atom stereocenters. The molecule has 6 heterocycles. The van der Waals surface area contributed by atoms with Gasteiger partial charge in [0.2, 0.25) is 0 Å². The first-order valence-electron chi connectivity index (χ1n) is 25.0. The summed E-state index contributed by atoms with van der Waals surface area (Å²) in [7, 11) is 0. The molecule has 0 N–H and O–H groups in total. The van der Waals surface area contributed by atoms with Crippen molar-refractivity contribution in [2.45, 2.75) is 59.9 Å². The number of rotatable bonds is 6. The van der Waals surface area contributed by atoms with Crippen LogP contribution in [-0.4, -0.2) is 19.8 Å². The molecule has 1 atom stereocenters. The lowest BCUT2D eigenvalue weighted by atomic mass is 10.1. The number of ether oxygens (including phenoxy) is 3. The predicted molar refractivity (Wildman–Crippen MR) is 303 cm³/mol. The van der Waals surface area contributed by atoms with Crippen molar-refractivity contribution in [2.24, 2.45) is 0 Å². The molecule has 2 aliphatic heterocycles. The molecule has 8 aromatic carbocycles. The lowest BCUT2D eigenvalue weighted by Gasteiger charge is -2.27. The number of aryl methyl sites for hydroxylation is 3. The quantitative estimate of drug-likeness (QED) is 0.165. The zero-order valence-electron chi connectivity index (χ0n) is 41.3. The molecule has 0 bridgehead atoms. The Hall–Kier alpha value is -7.04. The van der Waals surface area contributed by atoms with Crippen molar-refractivity contribution >= 4 is 104 Å². The van der Waals surface area contributed by atoms with Crippen LogP contribution in [0.15, 0.2) is 191 Å². The van der Waals surface area contributed by atoms with E-state index in [1.54, 1.807) is 22.7 Å². The molecule has 12 aromatic rings. The number of furan rings is 2. The highest BCUT2D eigenvalue weighted by molar-refractivity contribution is 7.28. The lowest BCUT2D eigenvalue weighted by molar-refractivity contribution is -0.0441. The molecular formula is C64H57NO5S2. The van der Waals surface area contributed by atoms with E-state index in [0.717, 1.165) is 61.0 Å². The van der Waals surface area contributed by atoms with Crippen LogP contribution in [-0.2, 0) is 14.2 Å². The Morgan fingerprint density at radius 3 is 1.65 bits per heavy atom. The Morgan fingerprint density at radius 1 is 0.444 bits per heavy atom. The van der Waals surface area contributed by atoms with Gasteiger partial charge in [0.05, 0.1) is 25.0 Å². The van der Waals surface area contributed by atoms with Gasteiger partial charge in [0.15, 0.2) is 16.1 Å². The number of hydrogen-bond donors (Lipinski definition) is 0. The summed E-state index contributed by atoms with van der Waals surface area (Å²) in [6.07, 6.45) is 2.45. The Morgan fingerprint density at radius 2 is 1.00 bits per heavy atom. The Bertz CT molecular complexity index is 3780. The van der Waals surface area contributed by atoms with Crippen molar-refractivity contribution in [1.82, 2.24) is 0 Å². The van der Waals surface area contributed by atoms with Gasteiger partial charge in [-0.3, -0.25) is 0 Å². The summed E-state index contributed by atoms with van der Waals surface area (Å²) >= 11 is 3.39. The van der Waals surface area contributed by atoms with Gasteiger partial charge < -0.3 is 27.9 Å². The normalized spacial score (nSPS) is 14.7. The molecule has 0 saturated carbocycles. The monoisotopic (exact) mass is 983 g/mol. The third-order valence-corrected chi connectivity index (χ3v) is 15.6. The van der Waals surface area contributed by atoms with Gasteiger partial charge in [-0.05, 0) is 122 Å². The summed E-state index contributed by atoms with van der Waals surface area (Å²) in [6, 6.07) is 64.4. The zero-order valence-corrected chi connectivity index (χ0v) is 42.9. The van der Waals surface area contributed by atoms with E-state index in [2.05, 4.69) is 208 Å². The van der Waals surface area contributed by atoms with Gasteiger partial charge in [-0.1, -0.05) is 169 Å². The highest BCUT2D eigenvalue weighted by Gasteiger charge is 2.23. The van der Waals surface area contributed by atoms with Gasteiger partial charge in [0, 0.05) is 60.2 Å². The van der Waals surface area contributed by atoms with Crippen molar-refractivity contribution in [3.63, 3.8) is 0 Å². The fourth-order valence-electron chi connectivity index (χ4n) is 9.79. The molecule has 0 aliphatic carbocycles. The summed E-state index contributed by atoms with van der Waals surface area (Å²) in [5, 5.41) is 9.61. The molecule has 14 rings (SSSR count). The third-order valence-electron chi connectivity index (χ3n) is 13.4. The summed E-state index contributed by atoms with van der Waals surface area (Å²) in [5.74, 6) is 0. The largest absolute Gasteiger partial charge is 0.445 e. The van der Waals surface area contributed by atoms with Crippen LogP contribution in [0.4, 0.5) is 17.1 Å². The molecular weight excluding hydrogens is 927 g/mol. The molecule has 2 aliphatic rings. The van der Waals surface area contributed by atoms with E-state index < -0.39 is 0 Å². The van der Waals surface area contributed by atoms with Crippen LogP contribution in [0.3, 0.4) is 0 Å². The smallest absolute Gasteiger partial charge is 0.189 e. The lowest BCUT2D eigenvalue weighted by Crippen LogP contribution is -2.10. The van der Waals surface area contributed by atoms with Crippen molar-refractivity contribution < 1.29 is 23.0 Å². The Labute approximate surface area is 428 Å². The topological polar surface area (TPSA) is 57.2 Å². The van der Waals surface area contributed by atoms with Crippen LogP contribution in [0.2, 0.25) is 0 Å². The van der Waals surface area contributed by atoms with Crippen LogP contribution in [0.5, 0.6) is 0 Å². The fraction of sp³-hybridized carbons (Fsp3) is 0.188. The number of thiophene rings is 2. The van der Waals surface area contributed by atoms with E-state index in [9.17, 15) is 0 Å². The molecule has 0 amide bonds. The number of anilines is 3. The van der Waals surface area contributed by atoms with Crippen LogP contribution >= 0.6 is 22.7 Å². The minimum atomic E-state index is -0.312. The average Bonchev–Trinajstić information content (AvgIpc) is 4.30. The van der Waals surface area contributed by atoms with Gasteiger partial charge in [0.1, 0.15) is 11.2 Å². The van der Waals surface area contributed by atoms with E-state index in [1.165, 1.54) is 77.2 Å². The minimum Gasteiger partial charge on any atom is -0.445 e. The van der Waals surface area contributed by atoms with Crippen molar-refractivity contribution in [2.75, 3.05) is 24.7 Å². The van der Waals surface area contributed by atoms with Crippen molar-refractivity contribution in [3.8, 4) is 9.75 Å². The maximum absolute atomic E-state index is 6.44. The van der Waals surface area contributed by atoms with Crippen LogP contribution < -0.4 is 4.90 Å². The van der Waals surface area contributed by atoms with Crippen molar-refractivity contribution in [3.05, 3.63) is 210 Å². The minimum absolute atomic E-state index is 0.312. The second-order valence-electron chi connectivity index (χ2n) is 18.2. The summed E-state index contributed by atoms with van der Waals surface area (Å²) in [5.41, 5.74) is 11.3. The van der Waals surface area contributed by atoms with Gasteiger partial charge >= 0.3 is 0 Å². The second-order valence-corrected chi connectivity index (χ2v) is 20.2. The Kier molecular flexibility index (Phi) is 13.8. The van der Waals surface area contributed by atoms with Gasteiger partial charge in [-0.25, -0.2) is 0 Å². The van der Waals surface area contributed by atoms with E-state index in [0.29, 0.717) is 19.3 Å². The average molecular weight is 984 g/mol. The first kappa shape index (κ1) is 47.3. The number of benzene rings is 8.